The molecule has 2 unspecified atom stereocenters. The first-order valence-corrected chi connectivity index (χ1v) is 9.17. The molecule has 2 bridgehead atoms. The van der Waals surface area contributed by atoms with Crippen molar-refractivity contribution in [3.8, 4) is 0 Å². The van der Waals surface area contributed by atoms with Gasteiger partial charge in [0, 0.05) is 5.92 Å². The Bertz CT molecular complexity index is 981. The lowest BCUT2D eigenvalue weighted by Gasteiger charge is -2.30. The number of aliphatic hydroxyl groups is 1. The summed E-state index contributed by atoms with van der Waals surface area (Å²) in [5.41, 5.74) is 7.27. The zero-order valence-electron chi connectivity index (χ0n) is 15.1. The van der Waals surface area contributed by atoms with E-state index in [1.54, 1.807) is 10.9 Å². The predicted molar refractivity (Wildman–Crippen MR) is 99.0 cm³/mol. The number of aliphatic hydroxyl groups excluding tert-OH is 1. The number of hydrogen-bond donors (Lipinski definition) is 2. The van der Waals surface area contributed by atoms with E-state index in [4.69, 9.17) is 19.9 Å². The van der Waals surface area contributed by atoms with Crippen LogP contribution < -0.4 is 5.73 Å². The second-order valence-corrected chi connectivity index (χ2v) is 7.20. The Hall–Kier alpha value is -2.59. The Balaban J connectivity index is 1.38. The number of benzene rings is 1. The van der Waals surface area contributed by atoms with Gasteiger partial charge in [0.2, 0.25) is 0 Å². The molecular formula is C19H21N5O4. The molecule has 0 radical (unpaired) electrons. The molecule has 0 saturated carbocycles. The van der Waals surface area contributed by atoms with E-state index in [2.05, 4.69) is 15.0 Å². The number of fused-ring (bicyclic) bond motifs is 3. The summed E-state index contributed by atoms with van der Waals surface area (Å²) < 4.78 is 20.0. The van der Waals surface area contributed by atoms with Crippen LogP contribution in [0.4, 0.5) is 5.82 Å². The summed E-state index contributed by atoms with van der Waals surface area (Å²) in [7, 11) is 0. The molecule has 9 nitrogen and oxygen atoms in total. The quantitative estimate of drug-likeness (QED) is 0.645. The van der Waals surface area contributed by atoms with Crippen molar-refractivity contribution >= 4 is 17.0 Å². The molecule has 2 saturated heterocycles. The third-order valence-corrected chi connectivity index (χ3v) is 5.57. The number of ether oxygens (including phenoxy) is 3. The van der Waals surface area contributed by atoms with Gasteiger partial charge in [-0.1, -0.05) is 30.3 Å². The second kappa shape index (κ2) is 6.78. The Morgan fingerprint density at radius 3 is 2.93 bits per heavy atom. The maximum absolute atomic E-state index is 10.1. The monoisotopic (exact) mass is 383 g/mol. The minimum Gasteiger partial charge on any atom is -0.393 e. The molecule has 2 aromatic heterocycles. The molecule has 4 atom stereocenters. The minimum absolute atomic E-state index is 0.108. The standard InChI is InChI=1S/C19H21N5O4/c20-16-14-17(22-10-21-16)24(11-23-14)18-15-13(19(8-25,28-18)9-27-15)7-26-6-12-4-2-1-3-5-12/h1-5,10-11,13,15,18,25H,6-9H2,(H2,20,21,22)/t13?,15?,18-,19+/m1/s1. The lowest BCUT2D eigenvalue weighted by molar-refractivity contribution is -0.184. The van der Waals surface area contributed by atoms with Crippen molar-refractivity contribution in [2.45, 2.75) is 24.5 Å². The molecule has 3 aromatic rings. The number of nitrogens with zero attached hydrogens (tertiary/aromatic N) is 4. The Labute approximate surface area is 161 Å². The molecule has 28 heavy (non-hydrogen) atoms. The molecule has 3 N–H and O–H groups in total. The number of aromatic nitrogens is 4. The van der Waals surface area contributed by atoms with Crippen LogP contribution >= 0.6 is 0 Å². The minimum atomic E-state index is -0.804. The van der Waals surface area contributed by atoms with Crippen molar-refractivity contribution in [3.63, 3.8) is 0 Å². The molecule has 2 fully saturated rings. The van der Waals surface area contributed by atoms with Crippen molar-refractivity contribution < 1.29 is 19.3 Å². The van der Waals surface area contributed by atoms with Gasteiger partial charge in [-0.2, -0.15) is 0 Å². The van der Waals surface area contributed by atoms with Crippen molar-refractivity contribution in [3.05, 3.63) is 48.5 Å². The smallest absolute Gasteiger partial charge is 0.167 e. The van der Waals surface area contributed by atoms with E-state index in [9.17, 15) is 5.11 Å². The van der Waals surface area contributed by atoms with Gasteiger partial charge in [-0.05, 0) is 5.56 Å². The molecule has 0 amide bonds. The lowest BCUT2D eigenvalue weighted by atomic mass is 9.90. The van der Waals surface area contributed by atoms with Crippen molar-refractivity contribution in [1.29, 1.82) is 0 Å². The molecule has 2 aliphatic rings. The van der Waals surface area contributed by atoms with Crippen LogP contribution in [-0.2, 0) is 20.8 Å². The summed E-state index contributed by atoms with van der Waals surface area (Å²) in [6.07, 6.45) is 2.27. The van der Waals surface area contributed by atoms with Gasteiger partial charge in [0.15, 0.2) is 17.7 Å². The number of rotatable bonds is 6. The highest BCUT2D eigenvalue weighted by molar-refractivity contribution is 5.81. The van der Waals surface area contributed by atoms with E-state index in [0.717, 1.165) is 5.56 Å². The highest BCUT2D eigenvalue weighted by Crippen LogP contribution is 2.49. The van der Waals surface area contributed by atoms with Gasteiger partial charge in [-0.3, -0.25) is 4.57 Å². The number of hydrogen-bond acceptors (Lipinski definition) is 8. The summed E-state index contributed by atoms with van der Waals surface area (Å²) in [5.74, 6) is 0.204. The van der Waals surface area contributed by atoms with E-state index >= 15 is 0 Å². The highest BCUT2D eigenvalue weighted by Gasteiger charge is 2.61. The molecule has 0 aliphatic carbocycles. The maximum atomic E-state index is 10.1. The van der Waals surface area contributed by atoms with E-state index in [-0.39, 0.29) is 18.6 Å². The van der Waals surface area contributed by atoms with Gasteiger partial charge in [0.1, 0.15) is 23.5 Å². The fraction of sp³-hybridized carbons (Fsp3) is 0.421. The van der Waals surface area contributed by atoms with Crippen LogP contribution in [0.15, 0.2) is 43.0 Å². The fourth-order valence-electron chi connectivity index (χ4n) is 4.07. The molecule has 5 rings (SSSR count). The van der Waals surface area contributed by atoms with E-state index < -0.39 is 11.8 Å². The van der Waals surface area contributed by atoms with Gasteiger partial charge >= 0.3 is 0 Å². The summed E-state index contributed by atoms with van der Waals surface area (Å²) in [6.45, 7) is 1.09. The van der Waals surface area contributed by atoms with E-state index in [0.29, 0.717) is 36.8 Å². The zero-order chi connectivity index (χ0) is 19.1. The van der Waals surface area contributed by atoms with Gasteiger partial charge < -0.3 is 25.1 Å². The first-order valence-electron chi connectivity index (χ1n) is 9.17. The summed E-state index contributed by atoms with van der Waals surface area (Å²) in [5, 5.41) is 10.1. The van der Waals surface area contributed by atoms with Crippen LogP contribution in [0.2, 0.25) is 0 Å². The number of nitrogen functional groups attached to an aromatic ring is 1. The molecule has 4 heterocycles. The van der Waals surface area contributed by atoms with Crippen molar-refractivity contribution in [2.75, 3.05) is 25.6 Å². The topological polar surface area (TPSA) is 118 Å². The predicted octanol–water partition coefficient (Wildman–Crippen LogP) is 0.900. The molecule has 146 valence electrons. The summed E-state index contributed by atoms with van der Waals surface area (Å²) >= 11 is 0. The van der Waals surface area contributed by atoms with Gasteiger partial charge in [0.25, 0.3) is 0 Å². The first-order chi connectivity index (χ1) is 13.7. The first kappa shape index (κ1) is 17.5. The SMILES string of the molecule is Nc1ncnc2c1ncn2[C@@H]1O[C@@]2(CO)COC1C2COCc1ccccc1. The second-order valence-electron chi connectivity index (χ2n) is 7.20. The van der Waals surface area contributed by atoms with Gasteiger partial charge in [-0.25, -0.2) is 15.0 Å². The van der Waals surface area contributed by atoms with E-state index in [1.807, 2.05) is 30.3 Å². The normalized spacial score (nSPS) is 29.0. The molecule has 1 aromatic carbocycles. The molecular weight excluding hydrogens is 362 g/mol. The highest BCUT2D eigenvalue weighted by atomic mass is 16.6. The van der Waals surface area contributed by atoms with Gasteiger partial charge in [0.05, 0.1) is 32.8 Å². The summed E-state index contributed by atoms with van der Waals surface area (Å²) in [4.78, 5) is 12.6. The van der Waals surface area contributed by atoms with Crippen LogP contribution in [0.5, 0.6) is 0 Å². The average molecular weight is 383 g/mol. The summed E-state index contributed by atoms with van der Waals surface area (Å²) in [6, 6.07) is 9.96. The molecule has 9 heteroatoms. The van der Waals surface area contributed by atoms with Crippen molar-refractivity contribution in [2.24, 2.45) is 5.92 Å². The number of nitrogens with two attached hydrogens (primary N) is 1. The van der Waals surface area contributed by atoms with Crippen LogP contribution in [0, 0.1) is 5.92 Å². The van der Waals surface area contributed by atoms with E-state index in [1.165, 1.54) is 6.33 Å². The number of imidazole rings is 1. The van der Waals surface area contributed by atoms with Crippen LogP contribution in [0.25, 0.3) is 11.2 Å². The van der Waals surface area contributed by atoms with Crippen LogP contribution in [0.1, 0.15) is 11.8 Å². The molecule has 0 spiro atoms. The molecule has 2 aliphatic heterocycles. The van der Waals surface area contributed by atoms with Gasteiger partial charge in [-0.15, -0.1) is 0 Å². The maximum Gasteiger partial charge on any atom is 0.167 e. The van der Waals surface area contributed by atoms with Crippen LogP contribution in [0.3, 0.4) is 0 Å². The Kier molecular flexibility index (Phi) is 4.24. The Morgan fingerprint density at radius 1 is 1.25 bits per heavy atom. The van der Waals surface area contributed by atoms with Crippen molar-refractivity contribution in [1.82, 2.24) is 19.5 Å². The Morgan fingerprint density at radius 2 is 2.11 bits per heavy atom. The third kappa shape index (κ3) is 2.67. The largest absolute Gasteiger partial charge is 0.393 e. The third-order valence-electron chi connectivity index (χ3n) is 5.57. The lowest BCUT2D eigenvalue weighted by Crippen LogP contribution is -2.42. The number of anilines is 1. The van der Waals surface area contributed by atoms with Crippen LogP contribution in [-0.4, -0.2) is 56.2 Å². The fourth-order valence-corrected chi connectivity index (χ4v) is 4.07. The zero-order valence-corrected chi connectivity index (χ0v) is 15.1. The average Bonchev–Trinajstić information content (AvgIpc) is 3.40.